The quantitative estimate of drug-likeness (QED) is 0.142. The highest BCUT2D eigenvalue weighted by molar-refractivity contribution is 6.15. The smallest absolute Gasteiger partial charge is 0.410 e. The first-order chi connectivity index (χ1) is 22.1. The summed E-state index contributed by atoms with van der Waals surface area (Å²) < 4.78 is 20.0. The number of aromatic nitrogens is 3. The Balaban J connectivity index is 1.55. The fraction of sp³-hybridized carbons (Fsp3) is 0.676. The van der Waals surface area contributed by atoms with E-state index in [0.717, 1.165) is 17.7 Å². The summed E-state index contributed by atoms with van der Waals surface area (Å²) in [5, 5.41) is 12.3. The van der Waals surface area contributed by atoms with Crippen LogP contribution in [0.3, 0.4) is 0 Å². The Morgan fingerprint density at radius 3 is 2.49 bits per heavy atom. The van der Waals surface area contributed by atoms with Gasteiger partial charge >= 0.3 is 12.1 Å². The van der Waals surface area contributed by atoms with Crippen LogP contribution in [0.4, 0.5) is 10.5 Å². The van der Waals surface area contributed by atoms with Crippen LogP contribution in [0.1, 0.15) is 74.1 Å². The van der Waals surface area contributed by atoms with Crippen LogP contribution < -0.4 is 11.1 Å². The number of hydrogen-bond donors (Lipinski definition) is 2. The van der Waals surface area contributed by atoms with Crippen molar-refractivity contribution in [1.29, 1.82) is 0 Å². The first kappa shape index (κ1) is 36.4. The van der Waals surface area contributed by atoms with E-state index in [9.17, 15) is 14.4 Å². The van der Waals surface area contributed by atoms with Gasteiger partial charge in [0.2, 0.25) is 0 Å². The number of esters is 1. The number of hydrogen-bond acceptors (Lipinski definition) is 10. The molecule has 47 heavy (non-hydrogen) atoms. The third-order valence-electron chi connectivity index (χ3n) is 10.6. The minimum absolute atomic E-state index is 0.0222. The van der Waals surface area contributed by atoms with Crippen molar-refractivity contribution in [2.45, 2.75) is 122 Å². The van der Waals surface area contributed by atoms with Gasteiger partial charge < -0.3 is 25.3 Å². The number of ketones is 1. The summed E-state index contributed by atoms with van der Waals surface area (Å²) in [6.45, 7) is 14.4. The van der Waals surface area contributed by atoms with Crippen LogP contribution in [0.2, 0.25) is 5.82 Å². The van der Waals surface area contributed by atoms with Crippen molar-refractivity contribution in [3.8, 4) is 11.3 Å². The molecule has 0 saturated carbocycles. The lowest BCUT2D eigenvalue weighted by Gasteiger charge is -2.44. The van der Waals surface area contributed by atoms with Crippen LogP contribution in [0.25, 0.3) is 11.3 Å². The molecule has 3 N–H and O–H groups in total. The maximum Gasteiger partial charge on any atom is 0.410 e. The summed E-state index contributed by atoms with van der Waals surface area (Å²) in [6, 6.07) is 6.83. The van der Waals surface area contributed by atoms with E-state index in [2.05, 4.69) is 22.6 Å². The van der Waals surface area contributed by atoms with Crippen LogP contribution in [0.15, 0.2) is 30.5 Å². The van der Waals surface area contributed by atoms with Crippen LogP contribution in [-0.4, -0.2) is 94.7 Å². The number of cyclic esters (lactones) is 1. The molecule has 0 unspecified atom stereocenters. The SMILES string of the molecule is B[C@@H]1[C@@H](C)C(=O)[C@@H](C)C(=O)O[C@H](CC)[C@@]2(C)OC(=O)N(CCCCn3cc(-c4cccc(N)c4)nn3)[C@@H]2[C@@H](C)N[C@H](C)C[C@@]1(C)OC. The average molecular weight is 653 g/mol. The lowest BCUT2D eigenvalue weighted by atomic mass is 9.63. The van der Waals surface area contributed by atoms with Crippen molar-refractivity contribution in [3.63, 3.8) is 0 Å². The lowest BCUT2D eigenvalue weighted by molar-refractivity contribution is -0.170. The second-order valence-corrected chi connectivity index (χ2v) is 14.0. The Bertz CT molecular complexity index is 1420. The Morgan fingerprint density at radius 1 is 1.13 bits per heavy atom. The van der Waals surface area contributed by atoms with Gasteiger partial charge in [0.05, 0.1) is 17.8 Å². The molecular formula is C34H53BN6O6. The predicted octanol–water partition coefficient (Wildman–Crippen LogP) is 3.65. The summed E-state index contributed by atoms with van der Waals surface area (Å²) >= 11 is 0. The van der Waals surface area contributed by atoms with Gasteiger partial charge in [-0.3, -0.25) is 19.2 Å². The molecule has 9 atom stereocenters. The number of ether oxygens (including phenoxy) is 3. The zero-order valence-electron chi connectivity index (χ0n) is 29.5. The van der Waals surface area contributed by atoms with Crippen molar-refractivity contribution >= 4 is 31.4 Å². The standard InChI is InChI=1S/C34H53BN6O6/c1-9-27-34(7)30(23(5)37-20(2)18-33(6,45-8)29(35)21(3)28(42)22(4)31(43)46-27)41(32(44)47-34)16-11-10-15-40-19-26(38-39-40)24-13-12-14-25(36)17-24/h12-14,17,19-23,27,29-30,37H,9-11,15-16,18,35-36H2,1-8H3/t20-,21+,22-,23-,27-,29-,30-,33-,34-/m1/s1. The monoisotopic (exact) mass is 652 g/mol. The summed E-state index contributed by atoms with van der Waals surface area (Å²) in [6.07, 6.45) is 3.17. The number of nitrogens with one attached hydrogen (secondary N) is 1. The minimum atomic E-state index is -1.15. The fourth-order valence-electron chi connectivity index (χ4n) is 7.57. The molecule has 1 aromatic heterocycles. The van der Waals surface area contributed by atoms with Crippen LogP contribution in [0, 0.1) is 11.8 Å². The maximum absolute atomic E-state index is 13.6. The average Bonchev–Trinajstić information content (AvgIpc) is 3.61. The molecule has 1 amide bonds. The molecule has 0 aliphatic carbocycles. The van der Waals surface area contributed by atoms with Crippen molar-refractivity contribution in [2.75, 3.05) is 19.4 Å². The molecule has 0 radical (unpaired) electrons. The molecule has 12 nitrogen and oxygen atoms in total. The molecule has 4 rings (SSSR count). The summed E-state index contributed by atoms with van der Waals surface area (Å²) in [5.41, 5.74) is 6.45. The number of nitrogens with zero attached hydrogens (tertiary/aromatic N) is 4. The van der Waals surface area contributed by atoms with E-state index >= 15 is 0 Å². The molecular weight excluding hydrogens is 599 g/mol. The molecule has 2 aliphatic rings. The number of carbonyl (C=O) groups excluding carboxylic acids is 3. The number of Topliss-reactive ketones (excluding diaryl/α,β-unsaturated/α-hetero) is 1. The second kappa shape index (κ2) is 14.8. The zero-order valence-corrected chi connectivity index (χ0v) is 29.5. The largest absolute Gasteiger partial charge is 0.458 e. The number of methoxy groups -OCH3 is 1. The van der Waals surface area contributed by atoms with Gasteiger partial charge in [-0.2, -0.15) is 0 Å². The molecule has 13 heteroatoms. The first-order valence-electron chi connectivity index (χ1n) is 17.0. The minimum Gasteiger partial charge on any atom is -0.458 e. The fourth-order valence-corrected chi connectivity index (χ4v) is 7.57. The predicted molar refractivity (Wildman–Crippen MR) is 182 cm³/mol. The van der Waals surface area contributed by atoms with Gasteiger partial charge in [-0.25, -0.2) is 4.79 Å². The molecule has 2 aliphatic heterocycles. The highest BCUT2D eigenvalue weighted by Gasteiger charge is 2.58. The Kier molecular flexibility index (Phi) is 11.4. The number of unbranched alkanes of at least 4 members (excludes halogenated alkanes) is 1. The van der Waals surface area contributed by atoms with Gasteiger partial charge in [0.25, 0.3) is 0 Å². The highest BCUT2D eigenvalue weighted by atomic mass is 16.6. The number of nitrogen functional groups attached to an aromatic ring is 1. The van der Waals surface area contributed by atoms with Gasteiger partial charge in [-0.15, -0.1) is 5.10 Å². The van der Waals surface area contributed by atoms with Crippen LogP contribution in [0.5, 0.6) is 0 Å². The Labute approximate surface area is 279 Å². The lowest BCUT2D eigenvalue weighted by Crippen LogP contribution is -2.62. The van der Waals surface area contributed by atoms with Gasteiger partial charge in [0.1, 0.15) is 31.3 Å². The Hall–Kier alpha value is -3.45. The number of fused-ring (bicyclic) bond motifs is 1. The number of benzene rings is 1. The van der Waals surface area contributed by atoms with E-state index in [-0.39, 0.29) is 23.7 Å². The topological polar surface area (TPSA) is 151 Å². The summed E-state index contributed by atoms with van der Waals surface area (Å²) in [5.74, 6) is -2.36. The van der Waals surface area contributed by atoms with Gasteiger partial charge in [-0.1, -0.05) is 31.2 Å². The molecule has 0 bridgehead atoms. The summed E-state index contributed by atoms with van der Waals surface area (Å²) in [7, 11) is 3.66. The normalized spacial score (nSPS) is 34.0. The Morgan fingerprint density at radius 2 is 1.83 bits per heavy atom. The van der Waals surface area contributed by atoms with Gasteiger partial charge in [0.15, 0.2) is 5.60 Å². The van der Waals surface area contributed by atoms with E-state index < -0.39 is 47.2 Å². The maximum atomic E-state index is 13.6. The van der Waals surface area contributed by atoms with Crippen LogP contribution in [-0.2, 0) is 30.3 Å². The van der Waals surface area contributed by atoms with E-state index in [0.29, 0.717) is 38.0 Å². The van der Waals surface area contributed by atoms with E-state index in [4.69, 9.17) is 19.9 Å². The first-order valence-corrected chi connectivity index (χ1v) is 17.0. The van der Waals surface area contributed by atoms with Crippen molar-refractivity contribution in [3.05, 3.63) is 30.5 Å². The molecule has 2 aromatic rings. The highest BCUT2D eigenvalue weighted by Crippen LogP contribution is 2.40. The van der Waals surface area contributed by atoms with E-state index in [1.165, 1.54) is 0 Å². The second-order valence-electron chi connectivity index (χ2n) is 14.0. The van der Waals surface area contributed by atoms with Gasteiger partial charge in [-0.05, 0) is 78.3 Å². The number of carbonyl (C=O) groups is 3. The number of anilines is 1. The summed E-state index contributed by atoms with van der Waals surface area (Å²) in [4.78, 5) is 42.4. The van der Waals surface area contributed by atoms with Gasteiger partial charge in [0, 0.05) is 49.5 Å². The zero-order chi connectivity index (χ0) is 34.7. The third kappa shape index (κ3) is 7.67. The molecule has 2 fully saturated rings. The van der Waals surface area contributed by atoms with Crippen LogP contribution >= 0.6 is 0 Å². The van der Waals surface area contributed by atoms with E-state index in [1.807, 2.05) is 72.9 Å². The number of rotatable bonds is 8. The molecule has 258 valence electrons. The van der Waals surface area contributed by atoms with Crippen molar-refractivity contribution in [2.24, 2.45) is 11.8 Å². The van der Waals surface area contributed by atoms with Crippen molar-refractivity contribution < 1.29 is 28.6 Å². The number of amides is 1. The van der Waals surface area contributed by atoms with Crippen molar-refractivity contribution in [1.82, 2.24) is 25.2 Å². The van der Waals surface area contributed by atoms with E-state index in [1.54, 1.807) is 23.6 Å². The molecule has 2 saturated heterocycles. The number of aryl methyl sites for hydroxylation is 1. The molecule has 0 spiro atoms. The third-order valence-corrected chi connectivity index (χ3v) is 10.6. The number of nitrogens with two attached hydrogens (primary N) is 1. The molecule has 3 heterocycles. The molecule has 1 aromatic carbocycles.